The Labute approximate surface area is 196 Å². The number of benzene rings is 2. The number of nitrogens with zero attached hydrogens (tertiary/aromatic N) is 2. The van der Waals surface area contributed by atoms with Crippen molar-refractivity contribution in [1.29, 1.82) is 0 Å². The smallest absolute Gasteiger partial charge is 0.238 e. The molecule has 2 aromatic carbocycles. The van der Waals surface area contributed by atoms with E-state index in [1.54, 1.807) is 31.3 Å². The number of aromatic nitrogens is 2. The van der Waals surface area contributed by atoms with E-state index in [0.717, 1.165) is 28.6 Å². The molecule has 0 saturated heterocycles. The van der Waals surface area contributed by atoms with Gasteiger partial charge in [0.25, 0.3) is 0 Å². The van der Waals surface area contributed by atoms with Gasteiger partial charge in [-0.1, -0.05) is 6.07 Å². The first-order valence-corrected chi connectivity index (χ1v) is 12.1. The molecule has 0 aliphatic carbocycles. The predicted octanol–water partition coefficient (Wildman–Crippen LogP) is 4.76. The molecule has 2 heterocycles. The van der Waals surface area contributed by atoms with E-state index < -0.39 is 21.7 Å². The second-order valence-electron chi connectivity index (χ2n) is 7.60. The van der Waals surface area contributed by atoms with Gasteiger partial charge in [0.2, 0.25) is 15.9 Å². The minimum Gasteiger partial charge on any atom is -0.479 e. The van der Waals surface area contributed by atoms with Crippen LogP contribution in [-0.4, -0.2) is 30.8 Å². The second-order valence-corrected chi connectivity index (χ2v) is 9.70. The van der Waals surface area contributed by atoms with Crippen LogP contribution in [0.4, 0.5) is 8.78 Å². The predicted molar refractivity (Wildman–Crippen MR) is 125 cm³/mol. The number of hydrogen-bond acceptors (Lipinski definition) is 5. The summed E-state index contributed by atoms with van der Waals surface area (Å²) in [6.07, 6.45) is 3.47. The minimum atomic E-state index is -3.40. The molecule has 0 fully saturated rings. The van der Waals surface area contributed by atoms with Crippen molar-refractivity contribution in [3.8, 4) is 28.5 Å². The second kappa shape index (κ2) is 9.40. The molecule has 0 aliphatic rings. The Balaban J connectivity index is 1.86. The average Bonchev–Trinajstić information content (AvgIpc) is 3.16. The summed E-state index contributed by atoms with van der Waals surface area (Å²) in [7, 11) is -0.0271. The molecule has 0 radical (unpaired) electrons. The lowest BCUT2D eigenvalue weighted by Crippen LogP contribution is -2.24. The Morgan fingerprint density at radius 1 is 1.06 bits per heavy atom. The molecule has 0 saturated carbocycles. The van der Waals surface area contributed by atoms with Crippen LogP contribution in [0.25, 0.3) is 22.0 Å². The van der Waals surface area contributed by atoms with Crippen molar-refractivity contribution in [3.63, 3.8) is 0 Å². The molecule has 0 spiro atoms. The molecule has 2 aromatic heterocycles. The van der Waals surface area contributed by atoms with Crippen molar-refractivity contribution in [1.82, 2.24) is 14.3 Å². The summed E-state index contributed by atoms with van der Waals surface area (Å²) in [5.41, 5.74) is 2.76. The fraction of sp³-hybridized carbons (Fsp3) is 0.208. The van der Waals surface area contributed by atoms with Gasteiger partial charge in [0.15, 0.2) is 11.6 Å². The van der Waals surface area contributed by atoms with Gasteiger partial charge in [-0.15, -0.1) is 0 Å². The standard InChI is InChI=1S/C24H23F2N3O4S/c1-4-34(30,31)28-13-15-5-7-21(33-22-8-6-16(25)12-20(22)26)18(11-15)19-14-29(2)23-17(19)9-10-27-24(23)32-3/h5-12,14,28H,4,13H2,1-3H3. The van der Waals surface area contributed by atoms with Crippen molar-refractivity contribution < 1.29 is 26.7 Å². The van der Waals surface area contributed by atoms with E-state index in [9.17, 15) is 17.2 Å². The number of halogens is 2. The molecule has 7 nitrogen and oxygen atoms in total. The van der Waals surface area contributed by atoms with E-state index in [1.165, 1.54) is 13.2 Å². The van der Waals surface area contributed by atoms with Crippen molar-refractivity contribution in [2.24, 2.45) is 7.05 Å². The zero-order valence-electron chi connectivity index (χ0n) is 18.8. The van der Waals surface area contributed by atoms with E-state index in [-0.39, 0.29) is 18.0 Å². The number of nitrogens with one attached hydrogen (secondary N) is 1. The first-order chi connectivity index (χ1) is 16.2. The summed E-state index contributed by atoms with van der Waals surface area (Å²) in [5.74, 6) is -0.976. The number of sulfonamides is 1. The van der Waals surface area contributed by atoms with Gasteiger partial charge in [-0.2, -0.15) is 0 Å². The van der Waals surface area contributed by atoms with Crippen molar-refractivity contribution in [3.05, 3.63) is 72.1 Å². The molecule has 1 N–H and O–H groups in total. The van der Waals surface area contributed by atoms with Gasteiger partial charge in [0.1, 0.15) is 17.1 Å². The van der Waals surface area contributed by atoms with Crippen molar-refractivity contribution in [2.75, 3.05) is 12.9 Å². The van der Waals surface area contributed by atoms with E-state index in [4.69, 9.17) is 9.47 Å². The quantitative estimate of drug-likeness (QED) is 0.388. The molecule has 4 rings (SSSR count). The lowest BCUT2D eigenvalue weighted by molar-refractivity contribution is 0.401. The third-order valence-electron chi connectivity index (χ3n) is 5.37. The van der Waals surface area contributed by atoms with E-state index >= 15 is 0 Å². The molecule has 0 atom stereocenters. The van der Waals surface area contributed by atoms with Gasteiger partial charge in [0.05, 0.1) is 12.9 Å². The maximum absolute atomic E-state index is 14.3. The third kappa shape index (κ3) is 4.73. The van der Waals surface area contributed by atoms with Crippen LogP contribution in [0.5, 0.6) is 17.4 Å². The summed E-state index contributed by atoms with van der Waals surface area (Å²) in [5, 5.41) is 0.810. The first-order valence-electron chi connectivity index (χ1n) is 10.4. The maximum atomic E-state index is 14.3. The largest absolute Gasteiger partial charge is 0.479 e. The van der Waals surface area contributed by atoms with Crippen LogP contribution in [0.3, 0.4) is 0 Å². The highest BCUT2D eigenvalue weighted by atomic mass is 32.2. The van der Waals surface area contributed by atoms with Crippen molar-refractivity contribution >= 4 is 20.9 Å². The van der Waals surface area contributed by atoms with Crippen LogP contribution in [0.15, 0.2) is 54.9 Å². The first kappa shape index (κ1) is 23.7. The maximum Gasteiger partial charge on any atom is 0.238 e. The molecule has 0 aliphatic heterocycles. The number of rotatable bonds is 8. The summed E-state index contributed by atoms with van der Waals surface area (Å²) in [6.45, 7) is 1.63. The van der Waals surface area contributed by atoms with Gasteiger partial charge in [-0.25, -0.2) is 26.9 Å². The fourth-order valence-electron chi connectivity index (χ4n) is 3.64. The average molecular weight is 488 g/mol. The molecule has 0 unspecified atom stereocenters. The topological polar surface area (TPSA) is 82.5 Å². The highest BCUT2D eigenvalue weighted by molar-refractivity contribution is 7.89. The van der Waals surface area contributed by atoms with Crippen LogP contribution >= 0.6 is 0 Å². The normalized spacial score (nSPS) is 11.7. The zero-order valence-corrected chi connectivity index (χ0v) is 19.6. The highest BCUT2D eigenvalue weighted by Gasteiger charge is 2.19. The Morgan fingerprint density at radius 3 is 2.53 bits per heavy atom. The monoisotopic (exact) mass is 487 g/mol. The summed E-state index contributed by atoms with van der Waals surface area (Å²) in [6, 6.07) is 9.99. The van der Waals surface area contributed by atoms with E-state index in [2.05, 4.69) is 9.71 Å². The van der Waals surface area contributed by atoms with E-state index in [0.29, 0.717) is 22.8 Å². The van der Waals surface area contributed by atoms with Gasteiger partial charge in [0, 0.05) is 48.6 Å². The van der Waals surface area contributed by atoms with Crippen LogP contribution in [-0.2, 0) is 23.6 Å². The Bertz CT molecular complexity index is 1470. The van der Waals surface area contributed by atoms with Crippen LogP contribution in [0.1, 0.15) is 12.5 Å². The highest BCUT2D eigenvalue weighted by Crippen LogP contribution is 2.40. The Kier molecular flexibility index (Phi) is 6.54. The molecular weight excluding hydrogens is 464 g/mol. The van der Waals surface area contributed by atoms with Gasteiger partial charge < -0.3 is 14.0 Å². The summed E-state index contributed by atoms with van der Waals surface area (Å²) < 4.78 is 67.2. The zero-order chi connectivity index (χ0) is 24.5. The van der Waals surface area contributed by atoms with Crippen LogP contribution < -0.4 is 14.2 Å². The SMILES string of the molecule is CCS(=O)(=O)NCc1ccc(Oc2ccc(F)cc2F)c(-c2cn(C)c3c(OC)nccc23)c1. The molecule has 178 valence electrons. The number of aryl methyl sites for hydroxylation is 1. The lowest BCUT2D eigenvalue weighted by atomic mass is 10.0. The van der Waals surface area contributed by atoms with Gasteiger partial charge in [-0.05, 0) is 42.8 Å². The lowest BCUT2D eigenvalue weighted by Gasteiger charge is -2.14. The molecule has 0 amide bonds. The van der Waals surface area contributed by atoms with Crippen LogP contribution in [0.2, 0.25) is 0 Å². The number of fused-ring (bicyclic) bond motifs is 1. The molecule has 10 heteroatoms. The van der Waals surface area contributed by atoms with E-state index in [1.807, 2.05) is 23.9 Å². The third-order valence-corrected chi connectivity index (χ3v) is 6.72. The number of ether oxygens (including phenoxy) is 2. The van der Waals surface area contributed by atoms with Gasteiger partial charge in [-0.3, -0.25) is 0 Å². The number of pyridine rings is 1. The van der Waals surface area contributed by atoms with Gasteiger partial charge >= 0.3 is 0 Å². The molecular formula is C24H23F2N3O4S. The molecule has 34 heavy (non-hydrogen) atoms. The summed E-state index contributed by atoms with van der Waals surface area (Å²) in [4.78, 5) is 4.25. The summed E-state index contributed by atoms with van der Waals surface area (Å²) >= 11 is 0. The Morgan fingerprint density at radius 2 is 1.82 bits per heavy atom. The fourth-order valence-corrected chi connectivity index (χ4v) is 4.23. The van der Waals surface area contributed by atoms with Crippen molar-refractivity contribution in [2.45, 2.75) is 13.5 Å². The number of methoxy groups -OCH3 is 1. The minimum absolute atomic E-state index is 0.0407. The Hall–Kier alpha value is -3.50. The molecule has 4 aromatic rings. The van der Waals surface area contributed by atoms with Crippen LogP contribution in [0, 0.1) is 11.6 Å². The molecule has 0 bridgehead atoms. The number of hydrogen-bond donors (Lipinski definition) is 1.